The van der Waals surface area contributed by atoms with Crippen LogP contribution in [-0.4, -0.2) is 11.1 Å². The molecule has 1 aromatic rings. The van der Waals surface area contributed by atoms with Gasteiger partial charge in [0, 0.05) is 5.92 Å². The monoisotopic (exact) mass is 284 g/mol. The average Bonchev–Trinajstić information content (AvgIpc) is 2.46. The maximum Gasteiger partial charge on any atom is 0.307 e. The Labute approximate surface area is 126 Å². The molecule has 2 heteroatoms. The van der Waals surface area contributed by atoms with Crippen molar-refractivity contribution in [1.29, 1.82) is 0 Å². The van der Waals surface area contributed by atoms with Crippen molar-refractivity contribution < 1.29 is 9.90 Å². The van der Waals surface area contributed by atoms with Crippen molar-refractivity contribution in [1.82, 2.24) is 0 Å². The Hall–Kier alpha value is -1.57. The number of carboxylic acids is 1. The molecule has 0 aliphatic heterocycles. The predicted octanol–water partition coefficient (Wildman–Crippen LogP) is 4.77. The minimum Gasteiger partial charge on any atom is -0.481 e. The number of carbonyl (C=O) groups is 1. The van der Waals surface area contributed by atoms with Crippen LogP contribution in [0.1, 0.15) is 57.4 Å². The van der Waals surface area contributed by atoms with Gasteiger partial charge >= 0.3 is 5.97 Å². The molecule has 2 atom stereocenters. The molecule has 0 amide bonds. The van der Waals surface area contributed by atoms with Gasteiger partial charge in [0.25, 0.3) is 0 Å². The molecule has 0 saturated carbocycles. The Morgan fingerprint density at radius 2 is 1.90 bits per heavy atom. The maximum absolute atomic E-state index is 11.8. The number of benzene rings is 1. The standard InChI is InChI=1S/C19H24O2/c1-19(2)10-6-9-14-11-15(13-7-4-3-5-8-13)16(18(20)21)12-17(14)19/h3-5,7-8,15-16H,6,9-12H2,1-2H3,(H,20,21)/t15-,16+/m1/s1. The maximum atomic E-state index is 11.8. The zero-order valence-corrected chi connectivity index (χ0v) is 12.9. The Kier molecular flexibility index (Phi) is 3.64. The van der Waals surface area contributed by atoms with Gasteiger partial charge in [-0.2, -0.15) is 0 Å². The van der Waals surface area contributed by atoms with E-state index in [0.29, 0.717) is 0 Å². The zero-order chi connectivity index (χ0) is 15.0. The molecule has 0 spiro atoms. The van der Waals surface area contributed by atoms with Crippen LogP contribution in [0.3, 0.4) is 0 Å². The lowest BCUT2D eigenvalue weighted by atomic mass is 9.62. The van der Waals surface area contributed by atoms with Crippen LogP contribution >= 0.6 is 0 Å². The molecule has 2 aliphatic rings. The molecule has 0 aromatic heterocycles. The summed E-state index contributed by atoms with van der Waals surface area (Å²) in [5.41, 5.74) is 4.34. The Balaban J connectivity index is 2.00. The molecule has 1 N–H and O–H groups in total. The third kappa shape index (κ3) is 2.64. The molecular formula is C19H24O2. The van der Waals surface area contributed by atoms with E-state index in [1.54, 1.807) is 0 Å². The second-order valence-electron chi connectivity index (χ2n) is 7.19. The van der Waals surface area contributed by atoms with Gasteiger partial charge in [0.1, 0.15) is 0 Å². The molecule has 0 radical (unpaired) electrons. The Morgan fingerprint density at radius 3 is 2.57 bits per heavy atom. The first-order valence-corrected chi connectivity index (χ1v) is 7.98. The molecule has 0 unspecified atom stereocenters. The van der Waals surface area contributed by atoms with E-state index in [9.17, 15) is 9.90 Å². The first-order valence-electron chi connectivity index (χ1n) is 7.98. The van der Waals surface area contributed by atoms with Crippen LogP contribution in [0.2, 0.25) is 0 Å². The summed E-state index contributed by atoms with van der Waals surface area (Å²) in [5.74, 6) is -0.781. The molecular weight excluding hydrogens is 260 g/mol. The lowest BCUT2D eigenvalue weighted by molar-refractivity contribution is -0.142. The smallest absolute Gasteiger partial charge is 0.307 e. The highest BCUT2D eigenvalue weighted by atomic mass is 16.4. The van der Waals surface area contributed by atoms with Crippen molar-refractivity contribution in [3.05, 3.63) is 47.0 Å². The van der Waals surface area contributed by atoms with E-state index in [0.717, 1.165) is 19.3 Å². The number of allylic oxidation sites excluding steroid dienone is 2. The van der Waals surface area contributed by atoms with Crippen LogP contribution in [0.5, 0.6) is 0 Å². The van der Waals surface area contributed by atoms with Crippen molar-refractivity contribution in [2.75, 3.05) is 0 Å². The van der Waals surface area contributed by atoms with Crippen LogP contribution < -0.4 is 0 Å². The molecule has 2 nitrogen and oxygen atoms in total. The summed E-state index contributed by atoms with van der Waals surface area (Å²) in [6.07, 6.45) is 5.25. The molecule has 0 saturated heterocycles. The summed E-state index contributed by atoms with van der Waals surface area (Å²) < 4.78 is 0. The fourth-order valence-corrected chi connectivity index (χ4v) is 4.25. The van der Waals surface area contributed by atoms with Crippen molar-refractivity contribution in [2.24, 2.45) is 11.3 Å². The summed E-state index contributed by atoms with van der Waals surface area (Å²) in [6, 6.07) is 10.2. The molecule has 0 heterocycles. The molecule has 112 valence electrons. The van der Waals surface area contributed by atoms with E-state index in [1.807, 2.05) is 18.2 Å². The first kappa shape index (κ1) is 14.4. The van der Waals surface area contributed by atoms with E-state index in [1.165, 1.54) is 29.6 Å². The van der Waals surface area contributed by atoms with Gasteiger partial charge in [-0.15, -0.1) is 0 Å². The minimum absolute atomic E-state index is 0.136. The second-order valence-corrected chi connectivity index (χ2v) is 7.19. The summed E-state index contributed by atoms with van der Waals surface area (Å²) in [7, 11) is 0. The van der Waals surface area contributed by atoms with Gasteiger partial charge in [-0.25, -0.2) is 0 Å². The highest BCUT2D eigenvalue weighted by Gasteiger charge is 2.41. The van der Waals surface area contributed by atoms with E-state index in [4.69, 9.17) is 0 Å². The second kappa shape index (κ2) is 5.32. The quantitative estimate of drug-likeness (QED) is 0.794. The summed E-state index contributed by atoms with van der Waals surface area (Å²) in [4.78, 5) is 11.8. The normalized spacial score (nSPS) is 28.1. The zero-order valence-electron chi connectivity index (χ0n) is 12.9. The summed E-state index contributed by atoms with van der Waals surface area (Å²) >= 11 is 0. The predicted molar refractivity (Wildman–Crippen MR) is 84.2 cm³/mol. The lowest BCUT2D eigenvalue weighted by Gasteiger charge is -2.42. The van der Waals surface area contributed by atoms with E-state index in [-0.39, 0.29) is 17.3 Å². The fourth-order valence-electron chi connectivity index (χ4n) is 4.25. The number of rotatable bonds is 2. The van der Waals surface area contributed by atoms with Crippen molar-refractivity contribution >= 4 is 5.97 Å². The SMILES string of the molecule is CC1(C)CCCC2=C1C[C@H](C(=O)O)[C@@H](c1ccccc1)C2. The van der Waals surface area contributed by atoms with Gasteiger partial charge in [0.05, 0.1) is 5.92 Å². The molecule has 21 heavy (non-hydrogen) atoms. The van der Waals surface area contributed by atoms with Crippen molar-refractivity contribution in [3.63, 3.8) is 0 Å². The molecule has 1 aromatic carbocycles. The fraction of sp³-hybridized carbons (Fsp3) is 0.526. The van der Waals surface area contributed by atoms with Gasteiger partial charge in [0.15, 0.2) is 0 Å². The number of aliphatic carboxylic acids is 1. The summed E-state index contributed by atoms with van der Waals surface area (Å²) in [6.45, 7) is 4.56. The van der Waals surface area contributed by atoms with Crippen LogP contribution in [0, 0.1) is 11.3 Å². The highest BCUT2D eigenvalue weighted by Crippen LogP contribution is 2.51. The minimum atomic E-state index is -0.642. The Morgan fingerprint density at radius 1 is 1.19 bits per heavy atom. The number of hydrogen-bond acceptors (Lipinski definition) is 1. The third-order valence-corrected chi connectivity index (χ3v) is 5.45. The third-order valence-electron chi connectivity index (χ3n) is 5.45. The van der Waals surface area contributed by atoms with Crippen LogP contribution in [-0.2, 0) is 4.79 Å². The molecule has 0 bridgehead atoms. The summed E-state index contributed by atoms with van der Waals surface area (Å²) in [5, 5.41) is 9.71. The molecule has 3 rings (SSSR count). The molecule has 0 fully saturated rings. The van der Waals surface area contributed by atoms with E-state index >= 15 is 0 Å². The molecule has 2 aliphatic carbocycles. The number of carboxylic acid groups (broad SMARTS) is 1. The van der Waals surface area contributed by atoms with Gasteiger partial charge in [0.2, 0.25) is 0 Å². The largest absolute Gasteiger partial charge is 0.481 e. The van der Waals surface area contributed by atoms with Crippen LogP contribution in [0.15, 0.2) is 41.5 Å². The number of hydrogen-bond donors (Lipinski definition) is 1. The van der Waals surface area contributed by atoms with E-state index < -0.39 is 5.97 Å². The first-order chi connectivity index (χ1) is 9.99. The van der Waals surface area contributed by atoms with Gasteiger partial charge < -0.3 is 5.11 Å². The van der Waals surface area contributed by atoms with Crippen LogP contribution in [0.4, 0.5) is 0 Å². The average molecular weight is 284 g/mol. The van der Waals surface area contributed by atoms with Crippen LogP contribution in [0.25, 0.3) is 0 Å². The van der Waals surface area contributed by atoms with Crippen molar-refractivity contribution in [3.8, 4) is 0 Å². The van der Waals surface area contributed by atoms with Crippen molar-refractivity contribution in [2.45, 2.75) is 51.9 Å². The Bertz CT molecular complexity index is 568. The van der Waals surface area contributed by atoms with Gasteiger partial charge in [-0.1, -0.05) is 55.3 Å². The lowest BCUT2D eigenvalue weighted by Crippen LogP contribution is -2.33. The van der Waals surface area contributed by atoms with Gasteiger partial charge in [-0.3, -0.25) is 4.79 Å². The topological polar surface area (TPSA) is 37.3 Å². The highest BCUT2D eigenvalue weighted by molar-refractivity contribution is 5.72. The van der Waals surface area contributed by atoms with E-state index in [2.05, 4.69) is 26.0 Å². The van der Waals surface area contributed by atoms with Gasteiger partial charge in [-0.05, 0) is 43.1 Å².